The molecule has 2 aromatic heterocycles. The smallest absolute Gasteiger partial charge is 0.339 e. The monoisotopic (exact) mass is 325 g/mol. The molecule has 0 unspecified atom stereocenters. The molecule has 5 nitrogen and oxygen atoms in total. The zero-order valence-electron chi connectivity index (χ0n) is 11.9. The maximum atomic E-state index is 12.3. The molecule has 0 radical (unpaired) electrons. The minimum atomic E-state index is -1.02. The van der Waals surface area contributed by atoms with Crippen molar-refractivity contribution in [3.05, 3.63) is 32.3 Å². The Labute approximate surface area is 130 Å². The second-order valence-corrected chi connectivity index (χ2v) is 6.41. The van der Waals surface area contributed by atoms with E-state index in [2.05, 4.69) is 5.32 Å². The first-order chi connectivity index (χ1) is 9.99. The van der Waals surface area contributed by atoms with E-state index in [1.165, 1.54) is 29.8 Å². The molecule has 0 aliphatic rings. The van der Waals surface area contributed by atoms with Gasteiger partial charge in [0.2, 0.25) is 0 Å². The maximum absolute atomic E-state index is 12.3. The number of hydrogen-bond acceptors (Lipinski definition) is 5. The van der Waals surface area contributed by atoms with Crippen molar-refractivity contribution in [3.63, 3.8) is 0 Å². The quantitative estimate of drug-likeness (QED) is 0.880. The Morgan fingerprint density at radius 3 is 2.71 bits per heavy atom. The predicted octanol–water partition coefficient (Wildman–Crippen LogP) is 3.64. The van der Waals surface area contributed by atoms with Crippen LogP contribution in [0.3, 0.4) is 0 Å². The molecule has 0 fully saturated rings. The van der Waals surface area contributed by atoms with E-state index < -0.39 is 5.97 Å². The van der Waals surface area contributed by atoms with Crippen LogP contribution in [-0.4, -0.2) is 24.1 Å². The number of nitrogens with one attached hydrogen (secondary N) is 1. The molecule has 0 saturated carbocycles. The number of carboxylic acids is 1. The number of thiophene rings is 2. The minimum Gasteiger partial charge on any atom is -0.495 e. The molecular formula is C14H15NO4S2. The molecule has 2 N–H and O–H groups in total. The van der Waals surface area contributed by atoms with Crippen LogP contribution in [0, 0.1) is 6.92 Å². The number of rotatable bonds is 5. The van der Waals surface area contributed by atoms with E-state index in [4.69, 9.17) is 4.74 Å². The molecule has 0 atom stereocenters. The van der Waals surface area contributed by atoms with Gasteiger partial charge in [-0.3, -0.25) is 4.79 Å². The Morgan fingerprint density at radius 2 is 2.14 bits per heavy atom. The topological polar surface area (TPSA) is 75.6 Å². The molecule has 2 rings (SSSR count). The zero-order chi connectivity index (χ0) is 15.6. The molecule has 0 aliphatic carbocycles. The van der Waals surface area contributed by atoms with Gasteiger partial charge in [0.1, 0.15) is 15.6 Å². The highest BCUT2D eigenvalue weighted by molar-refractivity contribution is 7.17. The molecule has 21 heavy (non-hydrogen) atoms. The first-order valence-electron chi connectivity index (χ1n) is 6.27. The van der Waals surface area contributed by atoms with Crippen LogP contribution < -0.4 is 10.1 Å². The molecule has 0 bridgehead atoms. The molecule has 7 heteroatoms. The van der Waals surface area contributed by atoms with Crippen molar-refractivity contribution in [2.75, 3.05) is 12.4 Å². The van der Waals surface area contributed by atoms with Crippen LogP contribution in [0.15, 0.2) is 11.4 Å². The molecule has 0 spiro atoms. The Kier molecular flexibility index (Phi) is 4.64. The van der Waals surface area contributed by atoms with E-state index in [9.17, 15) is 14.7 Å². The molecule has 2 heterocycles. The summed E-state index contributed by atoms with van der Waals surface area (Å²) in [6.07, 6.45) is 0.613. The third-order valence-corrected chi connectivity index (χ3v) is 5.02. The van der Waals surface area contributed by atoms with Crippen LogP contribution in [0.4, 0.5) is 5.00 Å². The first kappa shape index (κ1) is 15.5. The van der Waals surface area contributed by atoms with E-state index in [1.54, 1.807) is 11.4 Å². The first-order valence-corrected chi connectivity index (χ1v) is 7.97. The Balaban J connectivity index is 2.36. The SMILES string of the molecule is CCc1c(C)sc(NC(=O)c2sccc2OC)c1C(=O)O. The summed E-state index contributed by atoms with van der Waals surface area (Å²) in [4.78, 5) is 25.0. The lowest BCUT2D eigenvalue weighted by molar-refractivity contribution is 0.0697. The number of anilines is 1. The molecule has 112 valence electrons. The van der Waals surface area contributed by atoms with Crippen molar-refractivity contribution in [2.24, 2.45) is 0 Å². The largest absolute Gasteiger partial charge is 0.495 e. The number of carbonyl (C=O) groups excluding carboxylic acids is 1. The third-order valence-electron chi connectivity index (χ3n) is 3.06. The Bertz CT molecular complexity index is 687. The van der Waals surface area contributed by atoms with Crippen LogP contribution in [0.5, 0.6) is 5.75 Å². The highest BCUT2D eigenvalue weighted by Gasteiger charge is 2.23. The van der Waals surface area contributed by atoms with Gasteiger partial charge in [-0.15, -0.1) is 22.7 Å². The predicted molar refractivity (Wildman–Crippen MR) is 84.2 cm³/mol. The van der Waals surface area contributed by atoms with Crippen LogP contribution in [0.2, 0.25) is 0 Å². The fourth-order valence-corrected chi connectivity index (χ4v) is 3.99. The summed E-state index contributed by atoms with van der Waals surface area (Å²) in [6.45, 7) is 3.76. The summed E-state index contributed by atoms with van der Waals surface area (Å²) in [5.41, 5.74) is 0.949. The van der Waals surface area contributed by atoms with E-state index in [1.807, 2.05) is 13.8 Å². The Hall–Kier alpha value is -1.86. The van der Waals surface area contributed by atoms with E-state index in [-0.39, 0.29) is 11.5 Å². The summed E-state index contributed by atoms with van der Waals surface area (Å²) in [7, 11) is 1.49. The van der Waals surface area contributed by atoms with E-state index >= 15 is 0 Å². The van der Waals surface area contributed by atoms with Gasteiger partial charge in [-0.05, 0) is 30.4 Å². The molecule has 0 saturated heterocycles. The second kappa shape index (κ2) is 6.28. The number of hydrogen-bond donors (Lipinski definition) is 2. The Morgan fingerprint density at radius 1 is 1.43 bits per heavy atom. The zero-order valence-corrected chi connectivity index (χ0v) is 13.5. The van der Waals surface area contributed by atoms with Gasteiger partial charge in [-0.2, -0.15) is 0 Å². The number of methoxy groups -OCH3 is 1. The fraction of sp³-hybridized carbons (Fsp3) is 0.286. The lowest BCUT2D eigenvalue weighted by atomic mass is 10.1. The van der Waals surface area contributed by atoms with Crippen LogP contribution in [0.1, 0.15) is 37.4 Å². The summed E-state index contributed by atoms with van der Waals surface area (Å²) in [6, 6.07) is 1.70. The van der Waals surface area contributed by atoms with Crippen LogP contribution >= 0.6 is 22.7 Å². The summed E-state index contributed by atoms with van der Waals surface area (Å²) >= 11 is 2.54. The standard InChI is InChI=1S/C14H15NO4S2/c1-4-8-7(2)21-13(10(8)14(17)18)15-12(16)11-9(19-3)5-6-20-11/h5-6H,4H2,1-3H3,(H,15,16)(H,17,18). The molecule has 2 aromatic rings. The number of amides is 1. The number of carboxylic acid groups (broad SMARTS) is 1. The van der Waals surface area contributed by atoms with Crippen LogP contribution in [-0.2, 0) is 6.42 Å². The van der Waals surface area contributed by atoms with Gasteiger partial charge in [0.05, 0.1) is 12.7 Å². The lowest BCUT2D eigenvalue weighted by Crippen LogP contribution is -2.13. The van der Waals surface area contributed by atoms with Gasteiger partial charge < -0.3 is 15.2 Å². The number of carbonyl (C=O) groups is 2. The van der Waals surface area contributed by atoms with Crippen molar-refractivity contribution < 1.29 is 19.4 Å². The number of aryl methyl sites for hydroxylation is 1. The van der Waals surface area contributed by atoms with Gasteiger partial charge in [0, 0.05) is 4.88 Å². The van der Waals surface area contributed by atoms with Gasteiger partial charge >= 0.3 is 5.97 Å². The normalized spacial score (nSPS) is 10.4. The number of aromatic carboxylic acids is 1. The van der Waals surface area contributed by atoms with Crippen molar-refractivity contribution in [1.82, 2.24) is 0 Å². The van der Waals surface area contributed by atoms with Gasteiger partial charge in [-0.1, -0.05) is 6.92 Å². The lowest BCUT2D eigenvalue weighted by Gasteiger charge is -2.05. The summed E-state index contributed by atoms with van der Waals surface area (Å²) in [5, 5.41) is 14.2. The minimum absolute atomic E-state index is 0.184. The van der Waals surface area contributed by atoms with Crippen molar-refractivity contribution in [2.45, 2.75) is 20.3 Å². The average Bonchev–Trinajstić information content (AvgIpc) is 3.02. The number of ether oxygens (including phenoxy) is 1. The summed E-state index contributed by atoms with van der Waals surface area (Å²) in [5.74, 6) is -0.892. The highest BCUT2D eigenvalue weighted by atomic mass is 32.1. The molecule has 1 amide bonds. The van der Waals surface area contributed by atoms with Gasteiger partial charge in [0.15, 0.2) is 0 Å². The maximum Gasteiger partial charge on any atom is 0.339 e. The fourth-order valence-electron chi connectivity index (χ4n) is 2.10. The molecule has 0 aliphatic heterocycles. The third kappa shape index (κ3) is 2.93. The van der Waals surface area contributed by atoms with Crippen molar-refractivity contribution in [1.29, 1.82) is 0 Å². The molecule has 0 aromatic carbocycles. The van der Waals surface area contributed by atoms with Crippen molar-refractivity contribution in [3.8, 4) is 5.75 Å². The van der Waals surface area contributed by atoms with E-state index in [0.29, 0.717) is 22.0 Å². The van der Waals surface area contributed by atoms with Crippen LogP contribution in [0.25, 0.3) is 0 Å². The summed E-state index contributed by atoms with van der Waals surface area (Å²) < 4.78 is 5.11. The van der Waals surface area contributed by atoms with Crippen molar-refractivity contribution >= 4 is 39.6 Å². The highest BCUT2D eigenvalue weighted by Crippen LogP contribution is 2.34. The van der Waals surface area contributed by atoms with Gasteiger partial charge in [0.25, 0.3) is 5.91 Å². The molecular weight excluding hydrogens is 310 g/mol. The average molecular weight is 325 g/mol. The second-order valence-electron chi connectivity index (χ2n) is 4.27. The van der Waals surface area contributed by atoms with E-state index in [0.717, 1.165) is 10.4 Å². The van der Waals surface area contributed by atoms with Gasteiger partial charge in [-0.25, -0.2) is 4.79 Å².